The van der Waals surface area contributed by atoms with Gasteiger partial charge in [-0.15, -0.1) is 0 Å². The Kier molecular flexibility index (Phi) is 7.04. The third-order valence-corrected chi connectivity index (χ3v) is 4.79. The van der Waals surface area contributed by atoms with E-state index < -0.39 is 11.9 Å². The van der Waals surface area contributed by atoms with Gasteiger partial charge in [0.05, 0.1) is 0 Å². The number of imide groups is 2. The lowest BCUT2D eigenvalue weighted by molar-refractivity contribution is -0.125. The summed E-state index contributed by atoms with van der Waals surface area (Å²) in [7, 11) is 0. The minimum absolute atomic E-state index is 0.0586. The molecule has 1 atom stereocenters. The zero-order chi connectivity index (χ0) is 20.8. The van der Waals surface area contributed by atoms with Crippen molar-refractivity contribution in [3.05, 3.63) is 47.0 Å². The molecule has 1 aliphatic rings. The average molecular weight is 382 g/mol. The van der Waals surface area contributed by atoms with E-state index in [-0.39, 0.29) is 24.7 Å². The van der Waals surface area contributed by atoms with Crippen LogP contribution in [0.3, 0.4) is 0 Å². The van der Waals surface area contributed by atoms with Crippen LogP contribution in [0.5, 0.6) is 0 Å². The van der Waals surface area contributed by atoms with Crippen LogP contribution in [0.25, 0.3) is 10.8 Å². The number of benzene rings is 2. The summed E-state index contributed by atoms with van der Waals surface area (Å²) in [6, 6.07) is 8.84. The predicted octanol–water partition coefficient (Wildman–Crippen LogP) is 3.47. The monoisotopic (exact) mass is 382 g/mol. The van der Waals surface area contributed by atoms with Crippen LogP contribution in [0, 0.1) is 0 Å². The van der Waals surface area contributed by atoms with Gasteiger partial charge in [0.1, 0.15) is 0 Å². The molecule has 28 heavy (non-hydrogen) atoms. The maximum atomic E-state index is 13.0. The van der Waals surface area contributed by atoms with E-state index >= 15 is 0 Å². The molecular weight excluding hydrogens is 356 g/mol. The molecular formula is C22H26N2O4. The van der Waals surface area contributed by atoms with Crippen LogP contribution in [-0.4, -0.2) is 35.1 Å². The van der Waals surface area contributed by atoms with E-state index in [1.807, 2.05) is 45.0 Å². The normalized spacial score (nSPS) is 13.6. The lowest BCUT2D eigenvalue weighted by Gasteiger charge is -2.32. The van der Waals surface area contributed by atoms with Crippen molar-refractivity contribution in [2.45, 2.75) is 53.0 Å². The number of amides is 4. The van der Waals surface area contributed by atoms with E-state index in [4.69, 9.17) is 0 Å². The summed E-state index contributed by atoms with van der Waals surface area (Å²) in [5, 5.41) is 3.65. The molecule has 148 valence electrons. The first-order chi connectivity index (χ1) is 13.5. The summed E-state index contributed by atoms with van der Waals surface area (Å²) in [4.78, 5) is 49.0. The van der Waals surface area contributed by atoms with Gasteiger partial charge in [0.25, 0.3) is 11.8 Å². The molecule has 2 aromatic rings. The molecule has 6 heteroatoms. The van der Waals surface area contributed by atoms with Crippen molar-refractivity contribution in [2.24, 2.45) is 0 Å². The van der Waals surface area contributed by atoms with Gasteiger partial charge in [0, 0.05) is 29.0 Å². The number of aryl methyl sites for hydroxylation is 1. The van der Waals surface area contributed by atoms with E-state index in [2.05, 4.69) is 5.32 Å². The molecule has 0 aromatic heterocycles. The lowest BCUT2D eigenvalue weighted by Crippen LogP contribution is -2.46. The fraction of sp³-hybridized carbons (Fsp3) is 0.364. The van der Waals surface area contributed by atoms with Crippen LogP contribution >= 0.6 is 0 Å². The first kappa shape index (κ1) is 21.3. The molecule has 0 spiro atoms. The van der Waals surface area contributed by atoms with Crippen molar-refractivity contribution in [1.82, 2.24) is 10.2 Å². The summed E-state index contributed by atoms with van der Waals surface area (Å²) in [6.07, 6.45) is 1.46. The van der Waals surface area contributed by atoms with Gasteiger partial charge < -0.3 is 0 Å². The van der Waals surface area contributed by atoms with Crippen molar-refractivity contribution in [1.29, 1.82) is 0 Å². The minimum Gasteiger partial charge on any atom is -0.299 e. The summed E-state index contributed by atoms with van der Waals surface area (Å²) < 4.78 is 0. The lowest BCUT2D eigenvalue weighted by atomic mass is 9.90. The number of hydrogen-bond acceptors (Lipinski definition) is 4. The standard InChI is InChI=1S/C20H20N2O4.C2H6/c1-3-13-9-14-5-4-6-15-18(14)16(10-13)20(26)22(19(15)25)12(2)7-8-17(24)21-11-23;1-2/h4-6,9-12H,3,7-8H2,1-2H3,(H,21,23,24);1-2H3. The smallest absolute Gasteiger partial charge is 0.261 e. The highest BCUT2D eigenvalue weighted by molar-refractivity contribution is 6.25. The SMILES string of the molecule is CC.CCc1cc2c3c(cccc3c1)C(=O)N(C(C)CCC(=O)NC=O)C2=O. The fourth-order valence-electron chi connectivity index (χ4n) is 3.40. The molecule has 1 aliphatic heterocycles. The minimum atomic E-state index is -0.457. The van der Waals surface area contributed by atoms with E-state index in [9.17, 15) is 19.2 Å². The Morgan fingerprint density at radius 1 is 1.14 bits per heavy atom. The van der Waals surface area contributed by atoms with Crippen molar-refractivity contribution < 1.29 is 19.2 Å². The highest BCUT2D eigenvalue weighted by Gasteiger charge is 2.35. The average Bonchev–Trinajstić information content (AvgIpc) is 2.71. The number of nitrogens with one attached hydrogen (secondary N) is 1. The zero-order valence-corrected chi connectivity index (χ0v) is 16.7. The molecule has 0 saturated carbocycles. The number of hydrogen-bond donors (Lipinski definition) is 1. The molecule has 0 radical (unpaired) electrons. The Labute approximate surface area is 164 Å². The molecule has 0 bridgehead atoms. The molecule has 4 amide bonds. The third-order valence-electron chi connectivity index (χ3n) is 4.79. The van der Waals surface area contributed by atoms with Crippen LogP contribution in [-0.2, 0) is 16.0 Å². The largest absolute Gasteiger partial charge is 0.299 e. The first-order valence-corrected chi connectivity index (χ1v) is 9.64. The van der Waals surface area contributed by atoms with Crippen LogP contribution in [0.1, 0.15) is 66.8 Å². The second-order valence-electron chi connectivity index (χ2n) is 6.45. The Bertz CT molecular complexity index is 920. The number of rotatable bonds is 6. The van der Waals surface area contributed by atoms with Gasteiger partial charge in [-0.25, -0.2) is 0 Å². The molecule has 0 saturated heterocycles. The fourth-order valence-corrected chi connectivity index (χ4v) is 3.40. The molecule has 1 N–H and O–H groups in total. The highest BCUT2D eigenvalue weighted by atomic mass is 16.2. The van der Waals surface area contributed by atoms with E-state index in [1.54, 1.807) is 13.0 Å². The van der Waals surface area contributed by atoms with E-state index in [0.29, 0.717) is 22.9 Å². The van der Waals surface area contributed by atoms with Crippen LogP contribution < -0.4 is 5.32 Å². The van der Waals surface area contributed by atoms with Crippen molar-refractivity contribution in [3.8, 4) is 0 Å². The van der Waals surface area contributed by atoms with Gasteiger partial charge in [0.15, 0.2) is 0 Å². The van der Waals surface area contributed by atoms with Gasteiger partial charge in [0.2, 0.25) is 12.3 Å². The van der Waals surface area contributed by atoms with Crippen LogP contribution in [0.2, 0.25) is 0 Å². The quantitative estimate of drug-likeness (QED) is 0.612. The van der Waals surface area contributed by atoms with Gasteiger partial charge in [-0.2, -0.15) is 0 Å². The Morgan fingerprint density at radius 2 is 1.82 bits per heavy atom. The van der Waals surface area contributed by atoms with Gasteiger partial charge in [-0.3, -0.25) is 29.4 Å². The number of nitrogens with zero attached hydrogens (tertiary/aromatic N) is 1. The van der Waals surface area contributed by atoms with Gasteiger partial charge >= 0.3 is 0 Å². The van der Waals surface area contributed by atoms with Crippen molar-refractivity contribution in [2.75, 3.05) is 0 Å². The second-order valence-corrected chi connectivity index (χ2v) is 6.45. The van der Waals surface area contributed by atoms with Gasteiger partial charge in [-0.05, 0) is 42.8 Å². The Hall–Kier alpha value is -3.02. The molecule has 2 aromatic carbocycles. The molecule has 3 rings (SSSR count). The topological polar surface area (TPSA) is 83.6 Å². The predicted molar refractivity (Wildman–Crippen MR) is 108 cm³/mol. The maximum Gasteiger partial charge on any atom is 0.261 e. The second kappa shape index (κ2) is 9.26. The van der Waals surface area contributed by atoms with Crippen LogP contribution in [0.4, 0.5) is 0 Å². The van der Waals surface area contributed by atoms with Gasteiger partial charge in [-0.1, -0.05) is 39.0 Å². The molecule has 1 heterocycles. The number of carbonyl (C=O) groups is 4. The maximum absolute atomic E-state index is 13.0. The molecule has 1 unspecified atom stereocenters. The first-order valence-electron chi connectivity index (χ1n) is 9.64. The summed E-state index contributed by atoms with van der Waals surface area (Å²) >= 11 is 0. The Morgan fingerprint density at radius 3 is 2.46 bits per heavy atom. The number of carbonyl (C=O) groups excluding carboxylic acids is 4. The zero-order valence-electron chi connectivity index (χ0n) is 16.7. The van der Waals surface area contributed by atoms with Crippen LogP contribution in [0.15, 0.2) is 30.3 Å². The summed E-state index contributed by atoms with van der Waals surface area (Å²) in [5.74, 6) is -1.11. The van der Waals surface area contributed by atoms with Crippen molar-refractivity contribution >= 4 is 34.9 Å². The van der Waals surface area contributed by atoms with E-state index in [0.717, 1.165) is 17.4 Å². The molecule has 6 nitrogen and oxygen atoms in total. The summed E-state index contributed by atoms with van der Waals surface area (Å²) in [6.45, 7) is 7.75. The third kappa shape index (κ3) is 3.96. The van der Waals surface area contributed by atoms with Crippen molar-refractivity contribution in [3.63, 3.8) is 0 Å². The molecule has 0 fully saturated rings. The molecule has 0 aliphatic carbocycles. The van der Waals surface area contributed by atoms with E-state index in [1.165, 1.54) is 4.90 Å². The Balaban J connectivity index is 0.00000136. The summed E-state index contributed by atoms with van der Waals surface area (Å²) in [5.41, 5.74) is 2.06. The highest BCUT2D eigenvalue weighted by Crippen LogP contribution is 2.32.